The molecule has 0 N–H and O–H groups in total. The number of anilines is 1. The Morgan fingerprint density at radius 1 is 0.920 bits per heavy atom. The first kappa shape index (κ1) is 16.1. The zero-order valence-electron chi connectivity index (χ0n) is 14.2. The van der Waals surface area contributed by atoms with Gasteiger partial charge in [0.2, 0.25) is 9.84 Å². The van der Waals surface area contributed by atoms with E-state index in [2.05, 4.69) is 16.1 Å². The minimum Gasteiger partial charge on any atom is -0.370 e. The minimum absolute atomic E-state index is 0.134. The SMILES string of the molecule is Cn1nc(S(=O)(=O)c2ccccc2)c2cccc(N3CCCCC3)c21. The second-order valence-electron chi connectivity index (χ2n) is 6.47. The van der Waals surface area contributed by atoms with Crippen molar-refractivity contribution in [2.75, 3.05) is 18.0 Å². The first-order valence-electron chi connectivity index (χ1n) is 8.60. The number of hydrogen-bond acceptors (Lipinski definition) is 4. The Morgan fingerprint density at radius 2 is 1.64 bits per heavy atom. The van der Waals surface area contributed by atoms with Crippen LogP contribution in [0.5, 0.6) is 0 Å². The molecule has 0 aliphatic carbocycles. The van der Waals surface area contributed by atoms with E-state index < -0.39 is 9.84 Å². The number of rotatable bonds is 3. The van der Waals surface area contributed by atoms with Crippen molar-refractivity contribution in [2.45, 2.75) is 29.2 Å². The van der Waals surface area contributed by atoms with Crippen LogP contribution in [0.1, 0.15) is 19.3 Å². The van der Waals surface area contributed by atoms with E-state index in [1.807, 2.05) is 25.2 Å². The molecule has 1 aliphatic heterocycles. The Bertz CT molecular complexity index is 1000. The Labute approximate surface area is 147 Å². The molecule has 4 rings (SSSR count). The molecule has 5 nitrogen and oxygen atoms in total. The number of aromatic nitrogens is 2. The third-order valence-electron chi connectivity index (χ3n) is 4.81. The van der Waals surface area contributed by atoms with Gasteiger partial charge in [0.05, 0.1) is 16.1 Å². The van der Waals surface area contributed by atoms with Crippen LogP contribution >= 0.6 is 0 Å². The van der Waals surface area contributed by atoms with E-state index in [0.717, 1.165) is 24.3 Å². The molecular formula is C19H21N3O2S. The van der Waals surface area contributed by atoms with Gasteiger partial charge < -0.3 is 4.90 Å². The molecule has 0 unspecified atom stereocenters. The van der Waals surface area contributed by atoms with Crippen molar-refractivity contribution in [2.24, 2.45) is 7.05 Å². The van der Waals surface area contributed by atoms with Crippen LogP contribution in [0.15, 0.2) is 58.5 Å². The largest absolute Gasteiger partial charge is 0.370 e. The second kappa shape index (κ2) is 6.19. The molecule has 25 heavy (non-hydrogen) atoms. The van der Waals surface area contributed by atoms with Crippen molar-refractivity contribution < 1.29 is 8.42 Å². The maximum Gasteiger partial charge on any atom is 0.226 e. The Hall–Kier alpha value is -2.34. The molecule has 0 saturated carbocycles. The fraction of sp³-hybridized carbons (Fsp3) is 0.316. The van der Waals surface area contributed by atoms with Gasteiger partial charge in [0.25, 0.3) is 0 Å². The zero-order valence-corrected chi connectivity index (χ0v) is 15.0. The molecule has 1 saturated heterocycles. The lowest BCUT2D eigenvalue weighted by Crippen LogP contribution is -2.29. The molecule has 2 heterocycles. The smallest absolute Gasteiger partial charge is 0.226 e. The first-order valence-corrected chi connectivity index (χ1v) is 10.1. The summed E-state index contributed by atoms with van der Waals surface area (Å²) in [4.78, 5) is 2.62. The topological polar surface area (TPSA) is 55.2 Å². The Kier molecular flexibility index (Phi) is 4.00. The van der Waals surface area contributed by atoms with Crippen LogP contribution in [0.3, 0.4) is 0 Å². The summed E-state index contributed by atoms with van der Waals surface area (Å²) < 4.78 is 27.8. The van der Waals surface area contributed by atoms with Crippen LogP contribution in [0, 0.1) is 0 Å². The second-order valence-corrected chi connectivity index (χ2v) is 8.33. The van der Waals surface area contributed by atoms with Gasteiger partial charge in [-0.1, -0.05) is 24.3 Å². The summed E-state index contributed by atoms with van der Waals surface area (Å²) in [5, 5.41) is 5.22. The lowest BCUT2D eigenvalue weighted by Gasteiger charge is -2.29. The van der Waals surface area contributed by atoms with Crippen molar-refractivity contribution in [3.8, 4) is 0 Å². The molecule has 0 amide bonds. The Balaban J connectivity index is 1.90. The summed E-state index contributed by atoms with van der Waals surface area (Å²) in [6.07, 6.45) is 3.60. The number of para-hydroxylation sites is 1. The molecule has 0 atom stereocenters. The van der Waals surface area contributed by atoms with Gasteiger partial charge in [0.15, 0.2) is 5.03 Å². The molecule has 2 aromatic carbocycles. The maximum absolute atomic E-state index is 13.1. The molecule has 0 spiro atoms. The van der Waals surface area contributed by atoms with Gasteiger partial charge in [0, 0.05) is 25.5 Å². The zero-order chi connectivity index (χ0) is 17.4. The molecule has 0 radical (unpaired) electrons. The van der Waals surface area contributed by atoms with Crippen LogP contribution in [-0.4, -0.2) is 31.3 Å². The predicted octanol–water partition coefficient (Wildman–Crippen LogP) is 3.40. The summed E-state index contributed by atoms with van der Waals surface area (Å²) in [6.45, 7) is 2.01. The van der Waals surface area contributed by atoms with E-state index in [1.54, 1.807) is 28.9 Å². The highest BCUT2D eigenvalue weighted by molar-refractivity contribution is 7.91. The molecule has 3 aromatic rings. The van der Waals surface area contributed by atoms with E-state index in [1.165, 1.54) is 19.3 Å². The molecule has 6 heteroatoms. The minimum atomic E-state index is -3.64. The number of nitrogens with zero attached hydrogens (tertiary/aromatic N) is 3. The molecule has 1 aromatic heterocycles. The highest BCUT2D eigenvalue weighted by Crippen LogP contribution is 2.34. The lowest BCUT2D eigenvalue weighted by molar-refractivity contribution is 0.577. The van der Waals surface area contributed by atoms with E-state index in [-0.39, 0.29) is 9.92 Å². The van der Waals surface area contributed by atoms with Crippen molar-refractivity contribution in [3.05, 3.63) is 48.5 Å². The molecule has 1 fully saturated rings. The van der Waals surface area contributed by atoms with Crippen molar-refractivity contribution in [1.29, 1.82) is 0 Å². The summed E-state index contributed by atoms with van der Waals surface area (Å²) in [5.74, 6) is 0. The molecule has 0 bridgehead atoms. The number of aryl methyl sites for hydroxylation is 1. The van der Waals surface area contributed by atoms with Crippen LogP contribution in [0.25, 0.3) is 10.9 Å². The number of fused-ring (bicyclic) bond motifs is 1. The van der Waals surface area contributed by atoms with Crippen LogP contribution in [-0.2, 0) is 16.9 Å². The average molecular weight is 355 g/mol. The summed E-state index contributed by atoms with van der Waals surface area (Å²) >= 11 is 0. The lowest BCUT2D eigenvalue weighted by atomic mass is 10.1. The standard InChI is InChI=1S/C19H21N3O2S/c1-21-18-16(11-8-12-17(18)22-13-6-3-7-14-22)19(20-21)25(23,24)15-9-4-2-5-10-15/h2,4-5,8-12H,3,6-7,13-14H2,1H3. The third-order valence-corrected chi connectivity index (χ3v) is 6.52. The maximum atomic E-state index is 13.1. The number of sulfone groups is 1. The third kappa shape index (κ3) is 2.70. The van der Waals surface area contributed by atoms with Gasteiger partial charge in [-0.2, -0.15) is 5.10 Å². The van der Waals surface area contributed by atoms with Gasteiger partial charge in [-0.15, -0.1) is 0 Å². The molecule has 130 valence electrons. The van der Waals surface area contributed by atoms with Crippen LogP contribution in [0.2, 0.25) is 0 Å². The number of hydrogen-bond donors (Lipinski definition) is 0. The summed E-state index contributed by atoms with van der Waals surface area (Å²) in [7, 11) is -1.82. The normalized spacial score (nSPS) is 15.6. The highest BCUT2D eigenvalue weighted by Gasteiger charge is 2.26. The molecular weight excluding hydrogens is 334 g/mol. The van der Waals surface area contributed by atoms with E-state index in [9.17, 15) is 8.42 Å². The number of piperidine rings is 1. The summed E-state index contributed by atoms with van der Waals surface area (Å²) in [5.41, 5.74) is 1.96. The first-order chi connectivity index (χ1) is 12.1. The van der Waals surface area contributed by atoms with Crippen molar-refractivity contribution in [1.82, 2.24) is 9.78 Å². The monoisotopic (exact) mass is 355 g/mol. The van der Waals surface area contributed by atoms with Gasteiger partial charge in [0.1, 0.15) is 0 Å². The average Bonchev–Trinajstić information content (AvgIpc) is 3.01. The van der Waals surface area contributed by atoms with Crippen molar-refractivity contribution >= 4 is 26.4 Å². The van der Waals surface area contributed by atoms with Crippen molar-refractivity contribution in [3.63, 3.8) is 0 Å². The van der Waals surface area contributed by atoms with Crippen LogP contribution < -0.4 is 4.90 Å². The summed E-state index contributed by atoms with van der Waals surface area (Å²) in [6, 6.07) is 14.4. The Morgan fingerprint density at radius 3 is 2.36 bits per heavy atom. The predicted molar refractivity (Wildman–Crippen MR) is 98.7 cm³/mol. The van der Waals surface area contributed by atoms with Gasteiger partial charge in [-0.25, -0.2) is 8.42 Å². The quantitative estimate of drug-likeness (QED) is 0.723. The van der Waals surface area contributed by atoms with E-state index in [4.69, 9.17) is 0 Å². The van der Waals surface area contributed by atoms with E-state index >= 15 is 0 Å². The number of benzene rings is 2. The fourth-order valence-corrected chi connectivity index (χ4v) is 5.01. The van der Waals surface area contributed by atoms with Gasteiger partial charge in [-0.05, 0) is 43.5 Å². The fourth-order valence-electron chi connectivity index (χ4n) is 3.58. The van der Waals surface area contributed by atoms with Gasteiger partial charge >= 0.3 is 0 Å². The van der Waals surface area contributed by atoms with Gasteiger partial charge in [-0.3, -0.25) is 4.68 Å². The van der Waals surface area contributed by atoms with Crippen LogP contribution in [0.4, 0.5) is 5.69 Å². The molecule has 1 aliphatic rings. The highest BCUT2D eigenvalue weighted by atomic mass is 32.2. The van der Waals surface area contributed by atoms with E-state index in [0.29, 0.717) is 5.39 Å².